The van der Waals surface area contributed by atoms with Crippen LogP contribution in [-0.2, 0) is 20.9 Å². The second kappa shape index (κ2) is 14.5. The molecule has 0 fully saturated rings. The number of nitriles is 1. The number of halogens is 1. The number of ether oxygens (including phenoxy) is 2. The average molecular weight is 622 g/mol. The monoisotopic (exact) mass is 621 g/mol. The first-order valence-corrected chi connectivity index (χ1v) is 15.1. The van der Waals surface area contributed by atoms with Crippen LogP contribution in [0.5, 0.6) is 11.5 Å². The molecule has 5 rings (SSSR count). The van der Waals surface area contributed by atoms with E-state index in [-0.39, 0.29) is 18.3 Å². The van der Waals surface area contributed by atoms with Crippen molar-refractivity contribution in [2.24, 2.45) is 0 Å². The van der Waals surface area contributed by atoms with Crippen LogP contribution in [0, 0.1) is 11.3 Å². The van der Waals surface area contributed by atoms with Gasteiger partial charge in [0.05, 0.1) is 33.9 Å². The van der Waals surface area contributed by atoms with E-state index < -0.39 is 11.9 Å². The summed E-state index contributed by atoms with van der Waals surface area (Å²) in [7, 11) is 0. The summed E-state index contributed by atoms with van der Waals surface area (Å²) in [6.45, 7) is 1.85. The van der Waals surface area contributed by atoms with Gasteiger partial charge in [0.25, 0.3) is 0 Å². The van der Waals surface area contributed by atoms with Crippen molar-refractivity contribution in [2.45, 2.75) is 19.4 Å². The number of rotatable bonds is 10. The van der Waals surface area contributed by atoms with E-state index >= 15 is 0 Å². The Kier molecular flexibility index (Phi) is 10.0. The van der Waals surface area contributed by atoms with Crippen LogP contribution in [0.1, 0.15) is 24.0 Å². The molecule has 220 valence electrons. The fraction of sp³-hybridized carbons (Fsp3) is 0.114. The van der Waals surface area contributed by atoms with E-state index in [0.717, 1.165) is 11.3 Å². The van der Waals surface area contributed by atoms with Crippen molar-refractivity contribution < 1.29 is 19.1 Å². The molecule has 0 aromatic heterocycles. The smallest absolute Gasteiger partial charge is 0.337 e. The molecule has 0 saturated heterocycles. The number of allylic oxidation sites excluding steroid dienone is 2. The van der Waals surface area contributed by atoms with Crippen LogP contribution in [0.25, 0.3) is 0 Å². The lowest BCUT2D eigenvalue weighted by atomic mass is 9.82. The van der Waals surface area contributed by atoms with Crippen LogP contribution in [0.4, 0.5) is 5.69 Å². The third-order valence-electron chi connectivity index (χ3n) is 6.75. The molecule has 0 bridgehead atoms. The van der Waals surface area contributed by atoms with E-state index in [1.54, 1.807) is 55.5 Å². The number of thioether (sulfide) groups is 1. The lowest BCUT2D eigenvalue weighted by Crippen LogP contribution is -2.29. The lowest BCUT2D eigenvalue weighted by Gasteiger charge is -2.29. The molecular formula is C35H28ClN3O4S. The normalized spacial score (nSPS) is 14.3. The zero-order valence-corrected chi connectivity index (χ0v) is 25.3. The highest BCUT2D eigenvalue weighted by molar-refractivity contribution is 8.03. The Morgan fingerprint density at radius 1 is 0.909 bits per heavy atom. The Morgan fingerprint density at radius 3 is 2.20 bits per heavy atom. The second-order valence-corrected chi connectivity index (χ2v) is 11.3. The number of nitrogens with zero attached hydrogens (tertiary/aromatic N) is 1. The SMILES string of the molecule is CC1=C(C(=O)OCc2ccccc2)[C@@H](c2ccc(Cl)cc2)C(C#N)=C(SCC(=O)Nc2ccc(Oc3ccccc3)cc2)N1. The number of para-hydroxylation sites is 1. The van der Waals surface area contributed by atoms with E-state index in [1.165, 1.54) is 11.8 Å². The van der Waals surface area contributed by atoms with Crippen molar-refractivity contribution in [3.63, 3.8) is 0 Å². The van der Waals surface area contributed by atoms with Gasteiger partial charge in [0.1, 0.15) is 18.1 Å². The molecule has 4 aromatic rings. The lowest BCUT2D eigenvalue weighted by molar-refractivity contribution is -0.140. The molecule has 0 spiro atoms. The molecule has 0 saturated carbocycles. The second-order valence-electron chi connectivity index (χ2n) is 9.84. The summed E-state index contributed by atoms with van der Waals surface area (Å²) in [5.74, 6) is -0.0957. The highest BCUT2D eigenvalue weighted by Gasteiger charge is 2.35. The maximum Gasteiger partial charge on any atom is 0.337 e. The molecule has 1 aliphatic heterocycles. The highest BCUT2D eigenvalue weighted by atomic mass is 35.5. The van der Waals surface area contributed by atoms with Crippen molar-refractivity contribution in [1.29, 1.82) is 5.26 Å². The summed E-state index contributed by atoms with van der Waals surface area (Å²) in [5.41, 5.74) is 3.34. The van der Waals surface area contributed by atoms with E-state index in [4.69, 9.17) is 21.1 Å². The molecule has 1 aliphatic rings. The van der Waals surface area contributed by atoms with E-state index in [0.29, 0.717) is 43.9 Å². The topological polar surface area (TPSA) is 100 Å². The summed E-state index contributed by atoms with van der Waals surface area (Å²) in [4.78, 5) is 26.3. The summed E-state index contributed by atoms with van der Waals surface area (Å²) < 4.78 is 11.5. The first kappa shape index (κ1) is 30.5. The van der Waals surface area contributed by atoms with Gasteiger partial charge in [-0.1, -0.05) is 84.0 Å². The molecule has 0 radical (unpaired) electrons. The minimum absolute atomic E-state index is 0.0319. The third-order valence-corrected chi connectivity index (χ3v) is 8.02. The molecule has 44 heavy (non-hydrogen) atoms. The van der Waals surface area contributed by atoms with Crippen molar-refractivity contribution in [3.8, 4) is 17.6 Å². The summed E-state index contributed by atoms with van der Waals surface area (Å²) >= 11 is 7.33. The Balaban J connectivity index is 1.30. The van der Waals surface area contributed by atoms with Crippen LogP contribution in [0.2, 0.25) is 5.02 Å². The maximum absolute atomic E-state index is 13.4. The zero-order valence-electron chi connectivity index (χ0n) is 23.8. The number of anilines is 1. The fourth-order valence-corrected chi connectivity index (χ4v) is 5.67. The Morgan fingerprint density at radius 2 is 1.55 bits per heavy atom. The first-order chi connectivity index (χ1) is 21.4. The van der Waals surface area contributed by atoms with Crippen molar-refractivity contribution in [1.82, 2.24) is 5.32 Å². The van der Waals surface area contributed by atoms with Gasteiger partial charge in [0.2, 0.25) is 5.91 Å². The van der Waals surface area contributed by atoms with Crippen LogP contribution in [0.15, 0.2) is 131 Å². The molecule has 0 aliphatic carbocycles. The fourth-order valence-electron chi connectivity index (χ4n) is 4.65. The molecule has 1 amide bonds. The quantitative estimate of drug-likeness (QED) is 0.173. The molecule has 4 aromatic carbocycles. The maximum atomic E-state index is 13.4. The first-order valence-electron chi connectivity index (χ1n) is 13.8. The van der Waals surface area contributed by atoms with Crippen LogP contribution >= 0.6 is 23.4 Å². The van der Waals surface area contributed by atoms with Crippen LogP contribution in [0.3, 0.4) is 0 Å². The number of carbonyl (C=O) groups excluding carboxylic acids is 2. The van der Waals surface area contributed by atoms with E-state index in [9.17, 15) is 14.9 Å². The molecule has 1 heterocycles. The summed E-state index contributed by atoms with van der Waals surface area (Å²) in [5, 5.41) is 17.4. The summed E-state index contributed by atoms with van der Waals surface area (Å²) in [6.07, 6.45) is 0. The van der Waals surface area contributed by atoms with Crippen LogP contribution < -0.4 is 15.4 Å². The van der Waals surface area contributed by atoms with E-state index in [1.807, 2.05) is 60.7 Å². The molecule has 1 atom stereocenters. The van der Waals surface area contributed by atoms with Gasteiger partial charge in [-0.15, -0.1) is 0 Å². The third kappa shape index (κ3) is 7.70. The van der Waals surface area contributed by atoms with Gasteiger partial charge in [0, 0.05) is 16.4 Å². The van der Waals surface area contributed by atoms with Gasteiger partial charge >= 0.3 is 5.97 Å². The Hall–Kier alpha value is -4.97. The van der Waals surface area contributed by atoms with Crippen molar-refractivity contribution in [2.75, 3.05) is 11.1 Å². The van der Waals surface area contributed by atoms with Gasteiger partial charge in [-0.2, -0.15) is 5.26 Å². The Bertz CT molecular complexity index is 1730. The van der Waals surface area contributed by atoms with E-state index in [2.05, 4.69) is 16.7 Å². The number of nitrogens with one attached hydrogen (secondary N) is 2. The van der Waals surface area contributed by atoms with Crippen molar-refractivity contribution in [3.05, 3.63) is 147 Å². The number of carbonyl (C=O) groups is 2. The Labute approximate surface area is 265 Å². The predicted molar refractivity (Wildman–Crippen MR) is 173 cm³/mol. The summed E-state index contributed by atoms with van der Waals surface area (Å²) in [6, 6.07) is 35.1. The van der Waals surface area contributed by atoms with Gasteiger partial charge in [-0.25, -0.2) is 4.79 Å². The van der Waals surface area contributed by atoms with Crippen molar-refractivity contribution >= 4 is 40.9 Å². The average Bonchev–Trinajstić information content (AvgIpc) is 3.04. The molecule has 9 heteroatoms. The van der Waals surface area contributed by atoms with Gasteiger partial charge in [-0.05, 0) is 66.6 Å². The van der Waals surface area contributed by atoms with Crippen LogP contribution in [-0.4, -0.2) is 17.6 Å². The molecule has 2 N–H and O–H groups in total. The number of benzene rings is 4. The molecule has 7 nitrogen and oxygen atoms in total. The largest absolute Gasteiger partial charge is 0.457 e. The molecular weight excluding hydrogens is 594 g/mol. The number of hydrogen-bond donors (Lipinski definition) is 2. The van der Waals surface area contributed by atoms with Gasteiger partial charge in [-0.3, -0.25) is 4.79 Å². The van der Waals surface area contributed by atoms with Gasteiger partial charge < -0.3 is 20.1 Å². The number of amides is 1. The minimum atomic E-state index is -0.704. The highest BCUT2D eigenvalue weighted by Crippen LogP contribution is 2.41. The molecule has 0 unspecified atom stereocenters. The number of esters is 1. The zero-order chi connectivity index (χ0) is 30.9. The number of hydrogen-bond acceptors (Lipinski definition) is 7. The standard InChI is InChI=1S/C35H28ClN3O4S/c1-23-32(35(41)42-21-24-8-4-2-5-9-24)33(25-12-14-26(36)15-13-25)30(20-37)34(38-23)44-22-31(40)39-27-16-18-29(19-17-27)43-28-10-6-3-7-11-28/h2-19,33,38H,21-22H2,1H3,(H,39,40)/t33-/m0/s1. The number of dihydropyridines is 1. The minimum Gasteiger partial charge on any atom is -0.457 e. The van der Waals surface area contributed by atoms with Gasteiger partial charge in [0.15, 0.2) is 0 Å². The predicted octanol–water partition coefficient (Wildman–Crippen LogP) is 7.94.